The SMILES string of the molecule is O=C(Nc1ccc(Cn2cncn2)cc1)c1ccc(N2CCCC2)c([N+](=O)[O-])c1. The number of hydrogen-bond acceptors (Lipinski definition) is 6. The third-order valence-electron chi connectivity index (χ3n) is 4.90. The summed E-state index contributed by atoms with van der Waals surface area (Å²) in [4.78, 5) is 29.6. The van der Waals surface area contributed by atoms with Crippen LogP contribution in [0.25, 0.3) is 0 Å². The fourth-order valence-electron chi connectivity index (χ4n) is 3.43. The van der Waals surface area contributed by atoms with Gasteiger partial charge in [-0.15, -0.1) is 0 Å². The summed E-state index contributed by atoms with van der Waals surface area (Å²) in [7, 11) is 0. The number of carbonyl (C=O) groups is 1. The molecule has 1 aliphatic rings. The van der Waals surface area contributed by atoms with E-state index in [1.165, 1.54) is 12.4 Å². The molecule has 2 aromatic carbocycles. The maximum absolute atomic E-state index is 12.6. The Morgan fingerprint density at radius 3 is 2.55 bits per heavy atom. The number of rotatable bonds is 6. The smallest absolute Gasteiger partial charge is 0.293 e. The van der Waals surface area contributed by atoms with Gasteiger partial charge in [0, 0.05) is 30.4 Å². The van der Waals surface area contributed by atoms with Crippen LogP contribution in [-0.2, 0) is 6.54 Å². The first-order valence-electron chi connectivity index (χ1n) is 9.36. The molecule has 3 aromatic rings. The summed E-state index contributed by atoms with van der Waals surface area (Å²) in [6.07, 6.45) is 5.15. The van der Waals surface area contributed by atoms with E-state index in [1.807, 2.05) is 17.0 Å². The van der Waals surface area contributed by atoms with E-state index in [1.54, 1.807) is 35.3 Å². The Labute approximate surface area is 167 Å². The van der Waals surface area contributed by atoms with Crippen LogP contribution in [0.15, 0.2) is 55.1 Å². The Balaban J connectivity index is 1.47. The maximum atomic E-state index is 12.6. The van der Waals surface area contributed by atoms with Crippen LogP contribution in [0.1, 0.15) is 28.8 Å². The molecule has 0 radical (unpaired) electrons. The van der Waals surface area contributed by atoms with E-state index < -0.39 is 4.92 Å². The lowest BCUT2D eigenvalue weighted by Gasteiger charge is -2.17. The van der Waals surface area contributed by atoms with E-state index in [-0.39, 0.29) is 17.2 Å². The minimum atomic E-state index is -0.427. The highest BCUT2D eigenvalue weighted by Gasteiger charge is 2.23. The van der Waals surface area contributed by atoms with Crippen molar-refractivity contribution in [2.75, 3.05) is 23.3 Å². The molecule has 4 rings (SSSR count). The molecule has 1 fully saturated rings. The predicted molar refractivity (Wildman–Crippen MR) is 108 cm³/mol. The number of nitro groups is 1. The minimum Gasteiger partial charge on any atom is -0.366 e. The number of benzene rings is 2. The molecule has 148 valence electrons. The number of carbonyl (C=O) groups excluding carboxylic acids is 1. The fraction of sp³-hybridized carbons (Fsp3) is 0.250. The van der Waals surface area contributed by atoms with Crippen molar-refractivity contribution in [1.29, 1.82) is 0 Å². The van der Waals surface area contributed by atoms with Crippen LogP contribution in [0, 0.1) is 10.1 Å². The standard InChI is InChI=1S/C20H20N6O3/c27-20(23-17-6-3-15(4-7-17)12-25-14-21-13-22-25)16-5-8-18(19(11-16)26(28)29)24-9-1-2-10-24/h3-8,11,13-14H,1-2,9-10,12H2,(H,23,27). The average molecular weight is 392 g/mol. The van der Waals surface area contributed by atoms with Crippen LogP contribution < -0.4 is 10.2 Å². The Bertz CT molecular complexity index is 1010. The maximum Gasteiger partial charge on any atom is 0.293 e. The molecule has 0 unspecified atom stereocenters. The third-order valence-corrected chi connectivity index (χ3v) is 4.90. The normalized spacial score (nSPS) is 13.4. The van der Waals surface area contributed by atoms with Crippen LogP contribution in [0.4, 0.5) is 17.1 Å². The monoisotopic (exact) mass is 392 g/mol. The molecule has 0 bridgehead atoms. The summed E-state index contributed by atoms with van der Waals surface area (Å²) in [5.74, 6) is -0.384. The third kappa shape index (κ3) is 4.23. The molecule has 0 aliphatic carbocycles. The number of aromatic nitrogens is 3. The molecule has 1 saturated heterocycles. The minimum absolute atomic E-state index is 0.0391. The van der Waals surface area contributed by atoms with Crippen LogP contribution in [0.5, 0.6) is 0 Å². The molecular formula is C20H20N6O3. The Morgan fingerprint density at radius 2 is 1.90 bits per heavy atom. The first kappa shape index (κ1) is 18.6. The summed E-state index contributed by atoms with van der Waals surface area (Å²) < 4.78 is 1.70. The first-order valence-corrected chi connectivity index (χ1v) is 9.36. The van der Waals surface area contributed by atoms with Gasteiger partial charge in [0.05, 0.1) is 11.5 Å². The lowest BCUT2D eigenvalue weighted by atomic mass is 10.1. The van der Waals surface area contributed by atoms with Gasteiger partial charge >= 0.3 is 0 Å². The molecule has 1 amide bonds. The lowest BCUT2D eigenvalue weighted by molar-refractivity contribution is -0.384. The highest BCUT2D eigenvalue weighted by Crippen LogP contribution is 2.31. The van der Waals surface area contributed by atoms with Gasteiger partial charge in [-0.1, -0.05) is 12.1 Å². The zero-order valence-electron chi connectivity index (χ0n) is 15.7. The molecular weight excluding hydrogens is 372 g/mol. The number of nitro benzene ring substituents is 1. The molecule has 9 nitrogen and oxygen atoms in total. The molecule has 2 heterocycles. The zero-order chi connectivity index (χ0) is 20.2. The summed E-state index contributed by atoms with van der Waals surface area (Å²) in [6.45, 7) is 2.18. The van der Waals surface area contributed by atoms with Gasteiger partial charge in [0.1, 0.15) is 18.3 Å². The topological polar surface area (TPSA) is 106 Å². The lowest BCUT2D eigenvalue weighted by Crippen LogP contribution is -2.19. The van der Waals surface area contributed by atoms with E-state index in [0.717, 1.165) is 31.5 Å². The van der Waals surface area contributed by atoms with E-state index >= 15 is 0 Å². The van der Waals surface area contributed by atoms with E-state index in [2.05, 4.69) is 15.4 Å². The van der Waals surface area contributed by atoms with Crippen molar-refractivity contribution in [2.45, 2.75) is 19.4 Å². The second-order valence-electron chi connectivity index (χ2n) is 6.90. The predicted octanol–water partition coefficient (Wildman–Crippen LogP) is 3.09. The van der Waals surface area contributed by atoms with Gasteiger partial charge in [0.25, 0.3) is 11.6 Å². The summed E-state index contributed by atoms with van der Waals surface area (Å²) >= 11 is 0. The van der Waals surface area contributed by atoms with Gasteiger partial charge < -0.3 is 10.2 Å². The molecule has 0 atom stereocenters. The highest BCUT2D eigenvalue weighted by molar-refractivity contribution is 6.05. The Hall–Kier alpha value is -3.75. The fourth-order valence-corrected chi connectivity index (χ4v) is 3.43. The number of hydrogen-bond donors (Lipinski definition) is 1. The van der Waals surface area contributed by atoms with Gasteiger partial charge in [-0.05, 0) is 42.7 Å². The van der Waals surface area contributed by atoms with E-state index in [9.17, 15) is 14.9 Å². The molecule has 29 heavy (non-hydrogen) atoms. The van der Waals surface area contributed by atoms with Gasteiger partial charge in [-0.2, -0.15) is 5.10 Å². The van der Waals surface area contributed by atoms with Crippen molar-refractivity contribution < 1.29 is 9.72 Å². The van der Waals surface area contributed by atoms with Crippen molar-refractivity contribution >= 4 is 23.0 Å². The summed E-state index contributed by atoms with van der Waals surface area (Å²) in [6, 6.07) is 12.0. The van der Waals surface area contributed by atoms with Gasteiger partial charge in [-0.25, -0.2) is 9.67 Å². The van der Waals surface area contributed by atoms with Gasteiger partial charge in [0.2, 0.25) is 0 Å². The van der Waals surface area contributed by atoms with E-state index in [4.69, 9.17) is 0 Å². The van der Waals surface area contributed by atoms with Crippen molar-refractivity contribution in [1.82, 2.24) is 14.8 Å². The van der Waals surface area contributed by atoms with Crippen LogP contribution in [0.3, 0.4) is 0 Å². The molecule has 1 aliphatic heterocycles. The number of nitrogens with zero attached hydrogens (tertiary/aromatic N) is 5. The summed E-state index contributed by atoms with van der Waals surface area (Å²) in [5, 5.41) is 18.4. The average Bonchev–Trinajstić information content (AvgIpc) is 3.43. The van der Waals surface area contributed by atoms with Crippen molar-refractivity contribution in [2.24, 2.45) is 0 Å². The quantitative estimate of drug-likeness (QED) is 0.510. The number of amides is 1. The van der Waals surface area contributed by atoms with Crippen molar-refractivity contribution in [3.05, 3.63) is 76.4 Å². The molecule has 0 spiro atoms. The van der Waals surface area contributed by atoms with Gasteiger partial charge in [-0.3, -0.25) is 14.9 Å². The Kier molecular flexibility index (Phi) is 5.19. The molecule has 1 aromatic heterocycles. The van der Waals surface area contributed by atoms with Crippen LogP contribution in [0.2, 0.25) is 0 Å². The van der Waals surface area contributed by atoms with E-state index in [0.29, 0.717) is 17.9 Å². The largest absolute Gasteiger partial charge is 0.366 e. The van der Waals surface area contributed by atoms with Gasteiger partial charge in [0.15, 0.2) is 0 Å². The zero-order valence-corrected chi connectivity index (χ0v) is 15.7. The number of anilines is 2. The summed E-state index contributed by atoms with van der Waals surface area (Å²) in [5.41, 5.74) is 2.42. The van der Waals surface area contributed by atoms with Crippen LogP contribution in [-0.4, -0.2) is 38.7 Å². The first-order chi connectivity index (χ1) is 14.1. The van der Waals surface area contributed by atoms with Crippen LogP contribution >= 0.6 is 0 Å². The molecule has 9 heteroatoms. The second kappa shape index (κ2) is 8.09. The number of nitrogens with one attached hydrogen (secondary N) is 1. The molecule has 0 saturated carbocycles. The highest BCUT2D eigenvalue weighted by atomic mass is 16.6. The van der Waals surface area contributed by atoms with Crippen molar-refractivity contribution in [3.8, 4) is 0 Å². The second-order valence-corrected chi connectivity index (χ2v) is 6.90. The Morgan fingerprint density at radius 1 is 1.14 bits per heavy atom. The van der Waals surface area contributed by atoms with Crippen molar-refractivity contribution in [3.63, 3.8) is 0 Å². The molecule has 1 N–H and O–H groups in total.